The molecular weight excluding hydrogens is 342 g/mol. The number of carboxylic acids is 1. The van der Waals surface area contributed by atoms with E-state index in [1.165, 1.54) is 5.56 Å². The molecule has 1 atom stereocenters. The number of carbonyl (C=O) groups is 2. The Morgan fingerprint density at radius 2 is 1.81 bits per heavy atom. The summed E-state index contributed by atoms with van der Waals surface area (Å²) < 4.78 is 5.96. The van der Waals surface area contributed by atoms with Crippen molar-refractivity contribution in [2.24, 2.45) is 5.92 Å². The number of para-hydroxylation sites is 1. The maximum Gasteiger partial charge on any atom is 0.308 e. The van der Waals surface area contributed by atoms with Crippen molar-refractivity contribution in [3.05, 3.63) is 65.7 Å². The van der Waals surface area contributed by atoms with Gasteiger partial charge in [-0.25, -0.2) is 0 Å². The third-order valence-corrected chi connectivity index (χ3v) is 4.90. The molecule has 1 unspecified atom stereocenters. The largest absolute Gasteiger partial charge is 0.493 e. The first-order chi connectivity index (χ1) is 13.1. The summed E-state index contributed by atoms with van der Waals surface area (Å²) >= 11 is 0. The lowest BCUT2D eigenvalue weighted by Gasteiger charge is -2.17. The van der Waals surface area contributed by atoms with E-state index < -0.39 is 11.9 Å². The normalized spacial score (nSPS) is 16.5. The average molecular weight is 367 g/mol. The van der Waals surface area contributed by atoms with Gasteiger partial charge in [-0.1, -0.05) is 48.5 Å². The lowest BCUT2D eigenvalue weighted by Crippen LogP contribution is -2.28. The molecule has 5 heteroatoms. The summed E-state index contributed by atoms with van der Waals surface area (Å²) in [5.74, 6) is -0.717. The number of hydrogen-bond donors (Lipinski definition) is 1. The van der Waals surface area contributed by atoms with Crippen LogP contribution in [0, 0.1) is 5.92 Å². The predicted octanol–water partition coefficient (Wildman–Crippen LogP) is 3.17. The number of carboxylic acid groups (broad SMARTS) is 1. The molecule has 0 saturated carbocycles. The molecule has 0 aliphatic carbocycles. The summed E-state index contributed by atoms with van der Waals surface area (Å²) in [6.45, 7) is 1.46. The molecule has 27 heavy (non-hydrogen) atoms. The van der Waals surface area contributed by atoms with Gasteiger partial charge >= 0.3 is 5.97 Å². The highest BCUT2D eigenvalue weighted by Gasteiger charge is 2.33. The van der Waals surface area contributed by atoms with Crippen molar-refractivity contribution in [2.45, 2.75) is 25.7 Å². The lowest BCUT2D eigenvalue weighted by atomic mass is 10.1. The summed E-state index contributed by atoms with van der Waals surface area (Å²) in [6.07, 6.45) is 2.67. The molecule has 1 amide bonds. The molecular formula is C22H25NO4. The van der Waals surface area contributed by atoms with E-state index in [0.717, 1.165) is 24.2 Å². The first kappa shape index (κ1) is 19.0. The quantitative estimate of drug-likeness (QED) is 0.691. The molecule has 3 rings (SSSR count). The second-order valence-electron chi connectivity index (χ2n) is 6.87. The molecule has 0 bridgehead atoms. The van der Waals surface area contributed by atoms with Crippen LogP contribution in [0.3, 0.4) is 0 Å². The number of benzene rings is 2. The van der Waals surface area contributed by atoms with Gasteiger partial charge in [0.2, 0.25) is 5.91 Å². The maximum atomic E-state index is 12.0. The highest BCUT2D eigenvalue weighted by molar-refractivity contribution is 5.86. The summed E-state index contributed by atoms with van der Waals surface area (Å²) in [6, 6.07) is 18.2. The fraction of sp³-hybridized carbons (Fsp3) is 0.364. The van der Waals surface area contributed by atoms with Crippen LogP contribution in [0.5, 0.6) is 5.75 Å². The molecule has 0 aromatic heterocycles. The van der Waals surface area contributed by atoms with E-state index in [0.29, 0.717) is 26.1 Å². The number of nitrogens with zero attached hydrogens (tertiary/aromatic N) is 1. The van der Waals surface area contributed by atoms with Crippen molar-refractivity contribution in [1.82, 2.24) is 4.90 Å². The molecule has 1 fully saturated rings. The van der Waals surface area contributed by atoms with Crippen LogP contribution in [-0.2, 0) is 22.4 Å². The lowest BCUT2D eigenvalue weighted by molar-refractivity contribution is -0.141. The van der Waals surface area contributed by atoms with E-state index in [9.17, 15) is 9.59 Å². The first-order valence-corrected chi connectivity index (χ1v) is 9.38. The fourth-order valence-corrected chi connectivity index (χ4v) is 3.36. The number of carbonyl (C=O) groups excluding carboxylic acids is 1. The van der Waals surface area contributed by atoms with Gasteiger partial charge in [-0.2, -0.15) is 0 Å². The molecule has 2 aromatic rings. The van der Waals surface area contributed by atoms with Crippen molar-refractivity contribution in [1.29, 1.82) is 0 Å². The molecule has 1 aliphatic rings. The fourth-order valence-electron chi connectivity index (χ4n) is 3.36. The number of hydrogen-bond acceptors (Lipinski definition) is 3. The number of amides is 1. The smallest absolute Gasteiger partial charge is 0.308 e. The minimum Gasteiger partial charge on any atom is -0.493 e. The Labute approximate surface area is 159 Å². The molecule has 1 aliphatic heterocycles. The van der Waals surface area contributed by atoms with Gasteiger partial charge in [-0.05, 0) is 36.5 Å². The Hall–Kier alpha value is -2.82. The minimum absolute atomic E-state index is 0.0799. The Bertz CT molecular complexity index is 775. The van der Waals surface area contributed by atoms with Crippen molar-refractivity contribution < 1.29 is 19.4 Å². The van der Waals surface area contributed by atoms with Crippen LogP contribution >= 0.6 is 0 Å². The van der Waals surface area contributed by atoms with Crippen molar-refractivity contribution in [3.8, 4) is 5.75 Å². The standard InChI is InChI=1S/C22H25NO4/c24-21-15-19(22(25)26)16-23(21)13-12-18-10-4-5-11-20(18)27-14-6-9-17-7-2-1-3-8-17/h1-5,7-8,10-11,19H,6,9,12-16H2,(H,25,26). The zero-order chi connectivity index (χ0) is 19.1. The molecule has 0 spiro atoms. The average Bonchev–Trinajstić information content (AvgIpc) is 3.06. The van der Waals surface area contributed by atoms with E-state index in [2.05, 4.69) is 12.1 Å². The number of likely N-dealkylation sites (tertiary alicyclic amines) is 1. The summed E-state index contributed by atoms with van der Waals surface area (Å²) in [4.78, 5) is 24.7. The van der Waals surface area contributed by atoms with Crippen LogP contribution in [0.25, 0.3) is 0 Å². The zero-order valence-electron chi connectivity index (χ0n) is 15.3. The van der Waals surface area contributed by atoms with E-state index in [4.69, 9.17) is 9.84 Å². The minimum atomic E-state index is -0.895. The molecule has 5 nitrogen and oxygen atoms in total. The summed E-state index contributed by atoms with van der Waals surface area (Å²) in [5.41, 5.74) is 2.35. The van der Waals surface area contributed by atoms with Crippen LogP contribution in [0.1, 0.15) is 24.0 Å². The third kappa shape index (κ3) is 5.33. The van der Waals surface area contributed by atoms with Gasteiger partial charge in [-0.3, -0.25) is 9.59 Å². The SMILES string of the molecule is O=C(O)C1CC(=O)N(CCc2ccccc2OCCCc2ccccc2)C1. The number of aryl methyl sites for hydroxylation is 1. The Morgan fingerprint density at radius 3 is 2.56 bits per heavy atom. The topological polar surface area (TPSA) is 66.8 Å². The number of aliphatic carboxylic acids is 1. The van der Waals surface area contributed by atoms with Gasteiger partial charge in [0.1, 0.15) is 5.75 Å². The van der Waals surface area contributed by atoms with Crippen LogP contribution in [0.15, 0.2) is 54.6 Å². The number of rotatable bonds is 9. The van der Waals surface area contributed by atoms with Gasteiger partial charge in [0, 0.05) is 19.5 Å². The van der Waals surface area contributed by atoms with E-state index in [1.807, 2.05) is 42.5 Å². The van der Waals surface area contributed by atoms with Crippen LogP contribution < -0.4 is 4.74 Å². The van der Waals surface area contributed by atoms with Gasteiger partial charge in [0.15, 0.2) is 0 Å². The molecule has 142 valence electrons. The van der Waals surface area contributed by atoms with Crippen molar-refractivity contribution in [3.63, 3.8) is 0 Å². The van der Waals surface area contributed by atoms with E-state index in [1.54, 1.807) is 4.90 Å². The van der Waals surface area contributed by atoms with E-state index in [-0.39, 0.29) is 12.3 Å². The Kier molecular flexibility index (Phi) is 6.47. The van der Waals surface area contributed by atoms with Crippen molar-refractivity contribution in [2.75, 3.05) is 19.7 Å². The summed E-state index contributed by atoms with van der Waals surface area (Å²) in [5, 5.41) is 9.08. The second-order valence-corrected chi connectivity index (χ2v) is 6.87. The zero-order valence-corrected chi connectivity index (χ0v) is 15.3. The third-order valence-electron chi connectivity index (χ3n) is 4.90. The molecule has 2 aromatic carbocycles. The van der Waals surface area contributed by atoms with Crippen LogP contribution in [0.2, 0.25) is 0 Å². The van der Waals surface area contributed by atoms with Gasteiger partial charge in [0.25, 0.3) is 0 Å². The second kappa shape index (κ2) is 9.21. The van der Waals surface area contributed by atoms with Crippen LogP contribution in [0.4, 0.5) is 0 Å². The van der Waals surface area contributed by atoms with E-state index >= 15 is 0 Å². The highest BCUT2D eigenvalue weighted by atomic mass is 16.5. The van der Waals surface area contributed by atoms with Crippen LogP contribution in [-0.4, -0.2) is 41.6 Å². The highest BCUT2D eigenvalue weighted by Crippen LogP contribution is 2.22. The van der Waals surface area contributed by atoms with Crippen molar-refractivity contribution >= 4 is 11.9 Å². The van der Waals surface area contributed by atoms with Gasteiger partial charge in [-0.15, -0.1) is 0 Å². The maximum absolute atomic E-state index is 12.0. The number of ether oxygens (including phenoxy) is 1. The first-order valence-electron chi connectivity index (χ1n) is 9.38. The summed E-state index contributed by atoms with van der Waals surface area (Å²) in [7, 11) is 0. The molecule has 1 heterocycles. The van der Waals surface area contributed by atoms with Gasteiger partial charge in [0.05, 0.1) is 12.5 Å². The molecule has 1 saturated heterocycles. The molecule has 0 radical (unpaired) electrons. The Balaban J connectivity index is 1.49. The van der Waals surface area contributed by atoms with Gasteiger partial charge < -0.3 is 14.7 Å². The predicted molar refractivity (Wildman–Crippen MR) is 103 cm³/mol. The monoisotopic (exact) mass is 367 g/mol. The molecule has 1 N–H and O–H groups in total. The Morgan fingerprint density at radius 1 is 1.07 bits per heavy atom.